The van der Waals surface area contributed by atoms with Crippen LogP contribution in [0, 0.1) is 19.8 Å². The summed E-state index contributed by atoms with van der Waals surface area (Å²) in [6.07, 6.45) is 1.69. The van der Waals surface area contributed by atoms with Crippen molar-refractivity contribution in [3.8, 4) is 5.69 Å². The zero-order chi connectivity index (χ0) is 21.0. The second-order valence-corrected chi connectivity index (χ2v) is 7.54. The molecule has 0 saturated carbocycles. The first-order valence-electron chi connectivity index (χ1n) is 10.3. The molecule has 1 aliphatic heterocycles. The van der Waals surface area contributed by atoms with Crippen molar-refractivity contribution < 1.29 is 14.3 Å². The molecule has 1 aliphatic rings. The van der Waals surface area contributed by atoms with Gasteiger partial charge in [-0.05, 0) is 59.2 Å². The van der Waals surface area contributed by atoms with Crippen molar-refractivity contribution in [3.05, 3.63) is 41.7 Å². The molecule has 1 aromatic heterocycles. The predicted octanol–water partition coefficient (Wildman–Crippen LogP) is 3.09. The van der Waals surface area contributed by atoms with Crippen molar-refractivity contribution in [2.45, 2.75) is 46.6 Å². The Hall–Kier alpha value is -2.67. The summed E-state index contributed by atoms with van der Waals surface area (Å²) < 4.78 is 7.01. The summed E-state index contributed by atoms with van der Waals surface area (Å²) in [5.74, 6) is -0.419. The molecule has 1 N–H and O–H groups in total. The molecule has 2 unspecified atom stereocenters. The smallest absolute Gasteiger partial charge is 0.310 e. The Kier molecular flexibility index (Phi) is 6.69. The number of para-hydroxylation sites is 1. The molecule has 2 heterocycles. The fourth-order valence-corrected chi connectivity index (χ4v) is 3.85. The van der Waals surface area contributed by atoms with Gasteiger partial charge in [0.25, 0.3) is 0 Å². The summed E-state index contributed by atoms with van der Waals surface area (Å²) in [6, 6.07) is 9.51. The molecular formula is C22H30N4O3. The fraction of sp³-hybridized carbons (Fsp3) is 0.500. The van der Waals surface area contributed by atoms with Gasteiger partial charge in [-0.15, -0.1) is 0 Å². The number of aromatic nitrogens is 2. The first-order chi connectivity index (χ1) is 13.9. The van der Waals surface area contributed by atoms with Gasteiger partial charge in [-0.25, -0.2) is 4.68 Å². The largest absolute Gasteiger partial charge is 0.466 e. The molecule has 0 bridgehead atoms. The number of piperidine rings is 1. The third kappa shape index (κ3) is 4.67. The molecule has 1 saturated heterocycles. The van der Waals surface area contributed by atoms with Gasteiger partial charge >= 0.3 is 5.97 Å². The highest BCUT2D eigenvalue weighted by atomic mass is 16.5. The lowest BCUT2D eigenvalue weighted by Gasteiger charge is -2.35. The molecule has 7 heteroatoms. The maximum Gasteiger partial charge on any atom is 0.310 e. The number of anilines is 1. The lowest BCUT2D eigenvalue weighted by molar-refractivity contribution is -0.150. The molecule has 1 aromatic carbocycles. The molecule has 2 aromatic rings. The number of carbonyl (C=O) groups is 2. The molecule has 0 aliphatic carbocycles. The number of rotatable bonds is 6. The lowest BCUT2D eigenvalue weighted by Crippen LogP contribution is -2.48. The van der Waals surface area contributed by atoms with Gasteiger partial charge in [-0.1, -0.05) is 18.2 Å². The number of nitrogens with zero attached hydrogens (tertiary/aromatic N) is 3. The molecule has 156 valence electrons. The van der Waals surface area contributed by atoms with E-state index in [1.54, 1.807) is 0 Å². The van der Waals surface area contributed by atoms with Crippen LogP contribution >= 0.6 is 0 Å². The van der Waals surface area contributed by atoms with Crippen LogP contribution in [-0.4, -0.2) is 52.3 Å². The molecular weight excluding hydrogens is 368 g/mol. The number of ether oxygens (including phenoxy) is 1. The molecule has 1 amide bonds. The molecule has 0 spiro atoms. The number of likely N-dealkylation sites (tertiary alicyclic amines) is 1. The molecule has 0 radical (unpaired) electrons. The number of aryl methyl sites for hydroxylation is 1. The topological polar surface area (TPSA) is 76.5 Å². The molecule has 1 fully saturated rings. The molecule has 29 heavy (non-hydrogen) atoms. The Balaban J connectivity index is 1.70. The van der Waals surface area contributed by atoms with E-state index in [0.717, 1.165) is 42.1 Å². The van der Waals surface area contributed by atoms with Crippen LogP contribution in [0.1, 0.15) is 38.1 Å². The number of esters is 1. The maximum atomic E-state index is 13.0. The average molecular weight is 399 g/mol. The minimum absolute atomic E-state index is 0.0895. The molecule has 7 nitrogen and oxygen atoms in total. The summed E-state index contributed by atoms with van der Waals surface area (Å²) >= 11 is 0. The Morgan fingerprint density at radius 1 is 1.28 bits per heavy atom. The summed E-state index contributed by atoms with van der Waals surface area (Å²) in [7, 11) is 0. The van der Waals surface area contributed by atoms with Gasteiger partial charge in [-0.3, -0.25) is 14.5 Å². The Morgan fingerprint density at radius 3 is 2.69 bits per heavy atom. The van der Waals surface area contributed by atoms with Crippen LogP contribution in [-0.2, 0) is 14.3 Å². The minimum Gasteiger partial charge on any atom is -0.466 e. The van der Waals surface area contributed by atoms with Gasteiger partial charge in [0, 0.05) is 6.54 Å². The fourth-order valence-electron chi connectivity index (χ4n) is 3.85. The summed E-state index contributed by atoms with van der Waals surface area (Å²) in [6.45, 7) is 9.27. The SMILES string of the molecule is CCOC(=O)C1CCCN(C(C)C(=O)Nc2c(C)nn(-c3ccccc3)c2C)C1. The Bertz CT molecular complexity index is 862. The third-order valence-electron chi connectivity index (χ3n) is 5.54. The van der Waals surface area contributed by atoms with Crippen LogP contribution in [0.5, 0.6) is 0 Å². The van der Waals surface area contributed by atoms with E-state index >= 15 is 0 Å². The van der Waals surface area contributed by atoms with E-state index in [1.807, 2.05) is 62.7 Å². The Labute approximate surface area is 172 Å². The normalized spacial score (nSPS) is 18.3. The highest BCUT2D eigenvalue weighted by molar-refractivity contribution is 5.95. The number of benzene rings is 1. The monoisotopic (exact) mass is 398 g/mol. The van der Waals surface area contributed by atoms with Crippen LogP contribution in [0.3, 0.4) is 0 Å². The number of hydrogen-bond donors (Lipinski definition) is 1. The zero-order valence-corrected chi connectivity index (χ0v) is 17.6. The van der Waals surface area contributed by atoms with E-state index in [9.17, 15) is 9.59 Å². The standard InChI is InChI=1S/C22H30N4O3/c1-5-29-22(28)18-10-9-13-25(14-18)17(4)21(27)23-20-15(2)24-26(16(20)3)19-11-7-6-8-12-19/h6-8,11-12,17-18H,5,9-10,13-14H2,1-4H3,(H,23,27). The van der Waals surface area contributed by atoms with E-state index in [2.05, 4.69) is 15.3 Å². The first kappa shape index (κ1) is 21.0. The van der Waals surface area contributed by atoms with Crippen molar-refractivity contribution >= 4 is 17.6 Å². The van der Waals surface area contributed by atoms with E-state index < -0.39 is 0 Å². The highest BCUT2D eigenvalue weighted by Crippen LogP contribution is 2.24. The van der Waals surface area contributed by atoms with E-state index in [-0.39, 0.29) is 23.8 Å². The number of carbonyl (C=O) groups excluding carboxylic acids is 2. The van der Waals surface area contributed by atoms with E-state index in [0.29, 0.717) is 13.2 Å². The number of hydrogen-bond acceptors (Lipinski definition) is 5. The van der Waals surface area contributed by atoms with Crippen LogP contribution in [0.2, 0.25) is 0 Å². The van der Waals surface area contributed by atoms with Crippen molar-refractivity contribution in [1.82, 2.24) is 14.7 Å². The molecule has 2 atom stereocenters. The van der Waals surface area contributed by atoms with Crippen LogP contribution < -0.4 is 5.32 Å². The van der Waals surface area contributed by atoms with Gasteiger partial charge in [0.2, 0.25) is 5.91 Å². The van der Waals surface area contributed by atoms with Gasteiger partial charge in [-0.2, -0.15) is 5.10 Å². The average Bonchev–Trinajstić information content (AvgIpc) is 3.02. The second kappa shape index (κ2) is 9.22. The summed E-state index contributed by atoms with van der Waals surface area (Å²) in [4.78, 5) is 27.1. The number of nitrogens with one attached hydrogen (secondary N) is 1. The maximum absolute atomic E-state index is 13.0. The van der Waals surface area contributed by atoms with E-state index in [1.165, 1.54) is 0 Å². The second-order valence-electron chi connectivity index (χ2n) is 7.54. The van der Waals surface area contributed by atoms with Crippen LogP contribution in [0.15, 0.2) is 30.3 Å². The minimum atomic E-state index is -0.342. The van der Waals surface area contributed by atoms with Crippen LogP contribution in [0.25, 0.3) is 5.69 Å². The summed E-state index contributed by atoms with van der Waals surface area (Å²) in [5, 5.41) is 7.64. The Morgan fingerprint density at radius 2 is 2.00 bits per heavy atom. The highest BCUT2D eigenvalue weighted by Gasteiger charge is 2.32. The zero-order valence-electron chi connectivity index (χ0n) is 17.6. The van der Waals surface area contributed by atoms with Crippen LogP contribution in [0.4, 0.5) is 5.69 Å². The number of amides is 1. The lowest BCUT2D eigenvalue weighted by atomic mass is 9.97. The van der Waals surface area contributed by atoms with Gasteiger partial charge in [0.15, 0.2) is 0 Å². The van der Waals surface area contributed by atoms with Gasteiger partial charge < -0.3 is 10.1 Å². The summed E-state index contributed by atoms with van der Waals surface area (Å²) in [5.41, 5.74) is 3.35. The molecule has 3 rings (SSSR count). The van der Waals surface area contributed by atoms with Crippen molar-refractivity contribution in [1.29, 1.82) is 0 Å². The van der Waals surface area contributed by atoms with Gasteiger partial charge in [0.05, 0.1) is 41.3 Å². The van der Waals surface area contributed by atoms with Crippen molar-refractivity contribution in [2.75, 3.05) is 25.0 Å². The predicted molar refractivity (Wildman–Crippen MR) is 112 cm³/mol. The van der Waals surface area contributed by atoms with E-state index in [4.69, 9.17) is 4.74 Å². The quantitative estimate of drug-likeness (QED) is 0.757. The third-order valence-corrected chi connectivity index (χ3v) is 5.54. The van der Waals surface area contributed by atoms with Crippen molar-refractivity contribution in [3.63, 3.8) is 0 Å². The van der Waals surface area contributed by atoms with Crippen molar-refractivity contribution in [2.24, 2.45) is 5.92 Å². The first-order valence-corrected chi connectivity index (χ1v) is 10.3. The van der Waals surface area contributed by atoms with Gasteiger partial charge in [0.1, 0.15) is 0 Å².